The van der Waals surface area contributed by atoms with Crippen LogP contribution >= 0.6 is 0 Å². The molecule has 1 rings (SSSR count). The summed E-state index contributed by atoms with van der Waals surface area (Å²) in [5, 5.41) is 0. The predicted molar refractivity (Wildman–Crippen MR) is 76.2 cm³/mol. The van der Waals surface area contributed by atoms with Crippen LogP contribution in [0.4, 0.5) is 4.79 Å². The lowest BCUT2D eigenvalue weighted by Crippen LogP contribution is -2.51. The molecule has 0 saturated heterocycles. The van der Waals surface area contributed by atoms with Crippen molar-refractivity contribution in [3.8, 4) is 0 Å². The summed E-state index contributed by atoms with van der Waals surface area (Å²) >= 11 is 0. The molecule has 7 nitrogen and oxygen atoms in total. The average Bonchev–Trinajstić information content (AvgIpc) is 2.36. The average molecular weight is 307 g/mol. The molecule has 1 amide bonds. The Morgan fingerprint density at radius 3 is 2.55 bits per heavy atom. The number of amides is 1. The summed E-state index contributed by atoms with van der Waals surface area (Å²) in [6.07, 6.45) is 2.39. The number of nitrogens with zero attached hydrogens (tertiary/aromatic N) is 1. The van der Waals surface area contributed by atoms with Crippen LogP contribution < -0.4 is 10.5 Å². The van der Waals surface area contributed by atoms with Crippen molar-refractivity contribution >= 4 is 16.3 Å². The van der Waals surface area contributed by atoms with Crippen molar-refractivity contribution in [2.75, 3.05) is 13.6 Å². The van der Waals surface area contributed by atoms with Gasteiger partial charge in [-0.05, 0) is 39.2 Å². The molecule has 20 heavy (non-hydrogen) atoms. The van der Waals surface area contributed by atoms with E-state index >= 15 is 0 Å². The van der Waals surface area contributed by atoms with Gasteiger partial charge in [-0.3, -0.25) is 0 Å². The maximum atomic E-state index is 12.2. The lowest BCUT2D eigenvalue weighted by molar-refractivity contribution is 0.120. The lowest BCUT2D eigenvalue weighted by atomic mass is 9.85. The zero-order valence-corrected chi connectivity index (χ0v) is 13.1. The standard InChI is InChI=1S/C12H25N3O4S/c1-9(2)19-12(16)14-20(17,18)15(3)11-7-5-4-6-10(11)8-13/h9-11H,4-8,13H2,1-3H3,(H,14,16). The summed E-state index contributed by atoms with van der Waals surface area (Å²) in [6, 6.07) is -0.168. The van der Waals surface area contributed by atoms with Crippen LogP contribution in [0.25, 0.3) is 0 Å². The number of nitrogens with two attached hydrogens (primary N) is 1. The van der Waals surface area contributed by atoms with Crippen molar-refractivity contribution in [1.29, 1.82) is 0 Å². The van der Waals surface area contributed by atoms with E-state index in [1.807, 2.05) is 4.72 Å². The van der Waals surface area contributed by atoms with E-state index in [2.05, 4.69) is 0 Å². The molecule has 0 spiro atoms. The Balaban J connectivity index is 2.72. The molecule has 0 aliphatic heterocycles. The fraction of sp³-hybridized carbons (Fsp3) is 0.917. The van der Waals surface area contributed by atoms with Gasteiger partial charge >= 0.3 is 16.3 Å². The highest BCUT2D eigenvalue weighted by atomic mass is 32.2. The van der Waals surface area contributed by atoms with Gasteiger partial charge in [-0.1, -0.05) is 12.8 Å². The molecule has 1 saturated carbocycles. The number of rotatable bonds is 5. The summed E-state index contributed by atoms with van der Waals surface area (Å²) in [4.78, 5) is 11.4. The molecule has 1 aliphatic carbocycles. The van der Waals surface area contributed by atoms with Gasteiger partial charge in [-0.25, -0.2) is 9.52 Å². The molecule has 1 fully saturated rings. The van der Waals surface area contributed by atoms with E-state index in [0.717, 1.165) is 25.7 Å². The molecule has 1 aliphatic rings. The first-order chi connectivity index (χ1) is 9.27. The molecule has 0 aromatic heterocycles. The van der Waals surface area contributed by atoms with Gasteiger partial charge in [0, 0.05) is 13.1 Å². The molecule has 0 aromatic rings. The Kier molecular flexibility index (Phi) is 6.22. The highest BCUT2D eigenvalue weighted by molar-refractivity contribution is 7.87. The fourth-order valence-corrected chi connectivity index (χ4v) is 3.57. The normalized spacial score (nSPS) is 23.9. The summed E-state index contributed by atoms with van der Waals surface area (Å²) < 4.78 is 32.2. The minimum Gasteiger partial charge on any atom is -0.446 e. The molecule has 8 heteroatoms. The first-order valence-electron chi connectivity index (χ1n) is 6.94. The van der Waals surface area contributed by atoms with E-state index < -0.39 is 16.3 Å². The van der Waals surface area contributed by atoms with Gasteiger partial charge < -0.3 is 10.5 Å². The van der Waals surface area contributed by atoms with Gasteiger partial charge in [0.05, 0.1) is 6.10 Å². The number of carbonyl (C=O) groups excluding carboxylic acids is 1. The summed E-state index contributed by atoms with van der Waals surface area (Å²) in [5.41, 5.74) is 5.71. The van der Waals surface area contributed by atoms with Gasteiger partial charge in [0.25, 0.3) is 0 Å². The number of hydrogen-bond acceptors (Lipinski definition) is 5. The number of carbonyl (C=O) groups is 1. The van der Waals surface area contributed by atoms with Gasteiger partial charge in [0.15, 0.2) is 0 Å². The van der Waals surface area contributed by atoms with E-state index in [4.69, 9.17) is 10.5 Å². The van der Waals surface area contributed by atoms with Gasteiger partial charge in [0.1, 0.15) is 0 Å². The van der Waals surface area contributed by atoms with Crippen molar-refractivity contribution in [3.63, 3.8) is 0 Å². The Labute approximate surface area is 121 Å². The molecular weight excluding hydrogens is 282 g/mol. The van der Waals surface area contributed by atoms with Crippen LogP contribution in [-0.2, 0) is 14.9 Å². The summed E-state index contributed by atoms with van der Waals surface area (Å²) in [5.74, 6) is 0.131. The zero-order chi connectivity index (χ0) is 15.3. The minimum absolute atomic E-state index is 0.131. The molecule has 0 bridgehead atoms. The molecule has 3 N–H and O–H groups in total. The van der Waals surface area contributed by atoms with Crippen molar-refractivity contribution in [3.05, 3.63) is 0 Å². The van der Waals surface area contributed by atoms with Crippen LogP contribution in [0.5, 0.6) is 0 Å². The Hall–Kier alpha value is -0.860. The Bertz CT molecular complexity index is 424. The largest absolute Gasteiger partial charge is 0.446 e. The van der Waals surface area contributed by atoms with E-state index in [9.17, 15) is 13.2 Å². The number of nitrogens with one attached hydrogen (secondary N) is 1. The third-order valence-corrected chi connectivity index (χ3v) is 5.03. The second kappa shape index (κ2) is 7.24. The van der Waals surface area contributed by atoms with Crippen LogP contribution in [-0.4, -0.2) is 44.6 Å². The predicted octanol–water partition coefficient (Wildman–Crippen LogP) is 0.815. The van der Waals surface area contributed by atoms with Crippen LogP contribution in [0.2, 0.25) is 0 Å². The Morgan fingerprint density at radius 2 is 2.00 bits per heavy atom. The zero-order valence-electron chi connectivity index (χ0n) is 12.3. The second-order valence-electron chi connectivity index (χ2n) is 5.42. The third kappa shape index (κ3) is 4.60. The topological polar surface area (TPSA) is 102 Å². The molecule has 118 valence electrons. The molecular formula is C12H25N3O4S. The van der Waals surface area contributed by atoms with Gasteiger partial charge in [-0.2, -0.15) is 12.7 Å². The van der Waals surface area contributed by atoms with Crippen molar-refractivity contribution in [2.45, 2.75) is 51.7 Å². The van der Waals surface area contributed by atoms with Crippen LogP contribution in [0.15, 0.2) is 0 Å². The summed E-state index contributed by atoms with van der Waals surface area (Å²) in [7, 11) is -2.42. The first kappa shape index (κ1) is 17.2. The highest BCUT2D eigenvalue weighted by Gasteiger charge is 2.34. The first-order valence-corrected chi connectivity index (χ1v) is 8.38. The van der Waals surface area contributed by atoms with Crippen molar-refractivity contribution in [1.82, 2.24) is 9.03 Å². The van der Waals surface area contributed by atoms with Gasteiger partial charge in [0.2, 0.25) is 0 Å². The highest BCUT2D eigenvalue weighted by Crippen LogP contribution is 2.28. The van der Waals surface area contributed by atoms with Crippen molar-refractivity contribution < 1.29 is 17.9 Å². The molecule has 2 atom stereocenters. The van der Waals surface area contributed by atoms with Crippen LogP contribution in [0.3, 0.4) is 0 Å². The fourth-order valence-electron chi connectivity index (χ4n) is 2.54. The maximum Gasteiger partial charge on any atom is 0.422 e. The van der Waals surface area contributed by atoms with Crippen LogP contribution in [0.1, 0.15) is 39.5 Å². The summed E-state index contributed by atoms with van der Waals surface area (Å²) in [6.45, 7) is 3.75. The monoisotopic (exact) mass is 307 g/mol. The molecule has 2 unspecified atom stereocenters. The smallest absolute Gasteiger partial charge is 0.422 e. The van der Waals surface area contributed by atoms with E-state index in [0.29, 0.717) is 6.54 Å². The second-order valence-corrected chi connectivity index (χ2v) is 7.16. The lowest BCUT2D eigenvalue weighted by Gasteiger charge is -2.36. The van der Waals surface area contributed by atoms with E-state index in [1.54, 1.807) is 13.8 Å². The SMILES string of the molecule is CC(C)OC(=O)NS(=O)(=O)N(C)C1CCCCC1CN. The Morgan fingerprint density at radius 1 is 1.40 bits per heavy atom. The molecule has 0 aromatic carbocycles. The number of ether oxygens (including phenoxy) is 1. The maximum absolute atomic E-state index is 12.2. The third-order valence-electron chi connectivity index (χ3n) is 3.57. The quantitative estimate of drug-likeness (QED) is 0.783. The van der Waals surface area contributed by atoms with Crippen molar-refractivity contribution in [2.24, 2.45) is 11.7 Å². The van der Waals surface area contributed by atoms with E-state index in [-0.39, 0.29) is 18.1 Å². The molecule has 0 radical (unpaired) electrons. The van der Waals surface area contributed by atoms with E-state index in [1.165, 1.54) is 11.4 Å². The van der Waals surface area contributed by atoms with Gasteiger partial charge in [-0.15, -0.1) is 0 Å². The van der Waals surface area contributed by atoms with Crippen LogP contribution in [0, 0.1) is 5.92 Å². The minimum atomic E-state index is -3.89. The molecule has 0 heterocycles. The number of hydrogen-bond donors (Lipinski definition) is 2.